The van der Waals surface area contributed by atoms with Gasteiger partial charge < -0.3 is 9.64 Å². The molecule has 0 bridgehead atoms. The summed E-state index contributed by atoms with van der Waals surface area (Å²) < 4.78 is 19.4. The van der Waals surface area contributed by atoms with Gasteiger partial charge in [-0.05, 0) is 29.8 Å². The summed E-state index contributed by atoms with van der Waals surface area (Å²) in [6.07, 6.45) is 0. The molecule has 3 rings (SSSR count). The quantitative estimate of drug-likeness (QED) is 0.695. The Morgan fingerprint density at radius 3 is 2.44 bits per heavy atom. The topological polar surface area (TPSA) is 64.4 Å². The first kappa shape index (κ1) is 18.3. The predicted molar refractivity (Wildman–Crippen MR) is 98.6 cm³/mol. The lowest BCUT2D eigenvalue weighted by atomic mass is 10.2. The van der Waals surface area contributed by atoms with Crippen molar-refractivity contribution in [3.8, 4) is 11.4 Å². The number of nitrogens with zero attached hydrogens (tertiary/aromatic N) is 3. The maximum Gasteiger partial charge on any atom is 0.278 e. The maximum absolute atomic E-state index is 13.2. The molecule has 6 nitrogen and oxygen atoms in total. The Labute approximate surface area is 155 Å². The monoisotopic (exact) mass is 367 g/mol. The van der Waals surface area contributed by atoms with Crippen LogP contribution in [-0.2, 0) is 6.54 Å². The Hall–Kier alpha value is -3.48. The molecule has 0 aliphatic heterocycles. The van der Waals surface area contributed by atoms with Gasteiger partial charge in [0.05, 0.1) is 18.9 Å². The van der Waals surface area contributed by atoms with Crippen LogP contribution in [0.2, 0.25) is 0 Å². The van der Waals surface area contributed by atoms with Crippen molar-refractivity contribution in [2.45, 2.75) is 6.54 Å². The van der Waals surface area contributed by atoms with Crippen molar-refractivity contribution in [1.82, 2.24) is 14.7 Å². The van der Waals surface area contributed by atoms with Crippen LogP contribution in [-0.4, -0.2) is 34.7 Å². The zero-order valence-corrected chi connectivity index (χ0v) is 14.9. The van der Waals surface area contributed by atoms with Crippen LogP contribution >= 0.6 is 0 Å². The number of hydrogen-bond acceptors (Lipinski definition) is 4. The number of carbonyl (C=O) groups is 1. The van der Waals surface area contributed by atoms with E-state index in [0.717, 1.165) is 10.2 Å². The van der Waals surface area contributed by atoms with Crippen LogP contribution in [0.4, 0.5) is 4.39 Å². The fourth-order valence-electron chi connectivity index (χ4n) is 2.62. The van der Waals surface area contributed by atoms with Crippen LogP contribution in [0.25, 0.3) is 5.69 Å². The van der Waals surface area contributed by atoms with Gasteiger partial charge >= 0.3 is 0 Å². The summed E-state index contributed by atoms with van der Waals surface area (Å²) in [5, 5.41) is 4.17. The Balaban J connectivity index is 1.98. The number of halogens is 1. The van der Waals surface area contributed by atoms with E-state index in [2.05, 4.69) is 5.10 Å². The third kappa shape index (κ3) is 4.03. The van der Waals surface area contributed by atoms with Crippen molar-refractivity contribution in [3.63, 3.8) is 0 Å². The molecule has 3 aromatic rings. The van der Waals surface area contributed by atoms with Gasteiger partial charge in [0.25, 0.3) is 11.5 Å². The Bertz CT molecular complexity index is 1000. The predicted octanol–water partition coefficient (Wildman–Crippen LogP) is 2.65. The lowest BCUT2D eigenvalue weighted by molar-refractivity contribution is 0.0773. The summed E-state index contributed by atoms with van der Waals surface area (Å²) in [6.45, 7) is 0.375. The van der Waals surface area contributed by atoms with Crippen molar-refractivity contribution in [2.75, 3.05) is 14.2 Å². The maximum atomic E-state index is 13.2. The number of ether oxygens (including phenoxy) is 1. The minimum Gasteiger partial charge on any atom is -0.494 e. The molecule has 0 saturated carbocycles. The number of aromatic nitrogens is 2. The van der Waals surface area contributed by atoms with E-state index in [1.807, 2.05) is 30.3 Å². The molecular formula is C20H18FN3O3. The fourth-order valence-corrected chi connectivity index (χ4v) is 2.62. The minimum atomic E-state index is -0.485. The molecule has 138 valence electrons. The highest BCUT2D eigenvalue weighted by molar-refractivity contribution is 5.94. The highest BCUT2D eigenvalue weighted by Crippen LogP contribution is 2.17. The number of carbonyl (C=O) groups excluding carboxylic acids is 1. The third-order valence-electron chi connectivity index (χ3n) is 4.00. The van der Waals surface area contributed by atoms with Crippen molar-refractivity contribution in [3.05, 3.63) is 88.1 Å². The SMILES string of the molecule is COc1cc(=O)n(-c2ccc(F)cc2)nc1C(=O)N(C)Cc1ccccc1. The number of rotatable bonds is 5. The van der Waals surface area contributed by atoms with Crippen LogP contribution in [0.3, 0.4) is 0 Å². The Kier molecular flexibility index (Phi) is 5.30. The molecule has 0 spiro atoms. The smallest absolute Gasteiger partial charge is 0.278 e. The Morgan fingerprint density at radius 1 is 1.15 bits per heavy atom. The first-order valence-electron chi connectivity index (χ1n) is 8.23. The lowest BCUT2D eigenvalue weighted by Crippen LogP contribution is -2.31. The summed E-state index contributed by atoms with van der Waals surface area (Å²) in [5.41, 5.74) is 0.823. The first-order chi connectivity index (χ1) is 13.0. The Morgan fingerprint density at radius 2 is 1.81 bits per heavy atom. The van der Waals surface area contributed by atoms with Gasteiger partial charge in [-0.2, -0.15) is 9.78 Å². The molecular weight excluding hydrogens is 349 g/mol. The highest BCUT2D eigenvalue weighted by atomic mass is 19.1. The summed E-state index contributed by atoms with van der Waals surface area (Å²) >= 11 is 0. The second kappa shape index (κ2) is 7.82. The first-order valence-corrected chi connectivity index (χ1v) is 8.23. The van der Waals surface area contributed by atoms with Crippen LogP contribution in [0, 0.1) is 5.82 Å². The normalized spacial score (nSPS) is 10.5. The molecule has 0 radical (unpaired) electrons. The van der Waals surface area contributed by atoms with E-state index in [-0.39, 0.29) is 11.4 Å². The third-order valence-corrected chi connectivity index (χ3v) is 4.00. The van der Waals surface area contributed by atoms with Crippen molar-refractivity contribution < 1.29 is 13.9 Å². The van der Waals surface area contributed by atoms with E-state index in [1.165, 1.54) is 42.3 Å². The van der Waals surface area contributed by atoms with Crippen molar-refractivity contribution in [1.29, 1.82) is 0 Å². The van der Waals surface area contributed by atoms with E-state index in [0.29, 0.717) is 12.2 Å². The van der Waals surface area contributed by atoms with E-state index < -0.39 is 17.3 Å². The number of benzene rings is 2. The number of amides is 1. The zero-order valence-electron chi connectivity index (χ0n) is 14.9. The molecule has 0 aliphatic carbocycles. The zero-order chi connectivity index (χ0) is 19.4. The molecule has 0 N–H and O–H groups in total. The van der Waals surface area contributed by atoms with Gasteiger partial charge in [-0.25, -0.2) is 4.39 Å². The average molecular weight is 367 g/mol. The summed E-state index contributed by atoms with van der Waals surface area (Å²) in [7, 11) is 3.01. The van der Waals surface area contributed by atoms with Crippen LogP contribution in [0.15, 0.2) is 65.5 Å². The molecule has 7 heteroatoms. The van der Waals surface area contributed by atoms with E-state index in [1.54, 1.807) is 7.05 Å². The van der Waals surface area contributed by atoms with Crippen molar-refractivity contribution in [2.24, 2.45) is 0 Å². The molecule has 2 aromatic carbocycles. The summed E-state index contributed by atoms with van der Waals surface area (Å²) in [5.74, 6) is -0.742. The largest absolute Gasteiger partial charge is 0.494 e. The van der Waals surface area contributed by atoms with Crippen LogP contribution in [0.5, 0.6) is 5.75 Å². The van der Waals surface area contributed by atoms with Crippen LogP contribution in [0.1, 0.15) is 16.1 Å². The molecule has 0 fully saturated rings. The van der Waals surface area contributed by atoms with Gasteiger partial charge in [0.15, 0.2) is 11.4 Å². The average Bonchev–Trinajstić information content (AvgIpc) is 2.68. The van der Waals surface area contributed by atoms with Crippen molar-refractivity contribution >= 4 is 5.91 Å². The summed E-state index contributed by atoms with van der Waals surface area (Å²) in [4.78, 5) is 26.7. The van der Waals surface area contributed by atoms with Gasteiger partial charge in [-0.3, -0.25) is 9.59 Å². The number of hydrogen-bond donors (Lipinski definition) is 0. The minimum absolute atomic E-state index is 0.000133. The van der Waals surface area contributed by atoms with Gasteiger partial charge in [0.2, 0.25) is 0 Å². The van der Waals surface area contributed by atoms with Crippen LogP contribution < -0.4 is 10.3 Å². The van der Waals surface area contributed by atoms with Gasteiger partial charge in [0.1, 0.15) is 5.82 Å². The fraction of sp³-hybridized carbons (Fsp3) is 0.150. The highest BCUT2D eigenvalue weighted by Gasteiger charge is 2.21. The molecule has 1 amide bonds. The van der Waals surface area contributed by atoms with Gasteiger partial charge in [-0.15, -0.1) is 0 Å². The molecule has 0 unspecified atom stereocenters. The second-order valence-electron chi connectivity index (χ2n) is 5.93. The number of methoxy groups -OCH3 is 1. The van der Waals surface area contributed by atoms with Gasteiger partial charge in [-0.1, -0.05) is 30.3 Å². The molecule has 0 saturated heterocycles. The molecule has 1 aromatic heterocycles. The molecule has 0 atom stereocenters. The molecule has 1 heterocycles. The molecule has 27 heavy (non-hydrogen) atoms. The van der Waals surface area contributed by atoms with E-state index in [4.69, 9.17) is 4.74 Å². The second-order valence-corrected chi connectivity index (χ2v) is 5.93. The molecule has 0 aliphatic rings. The summed E-state index contributed by atoms with van der Waals surface area (Å²) in [6, 6.07) is 16.0. The van der Waals surface area contributed by atoms with Gasteiger partial charge in [0, 0.05) is 13.6 Å². The standard InChI is InChI=1S/C20H18FN3O3/c1-23(13-14-6-4-3-5-7-14)20(26)19-17(27-2)12-18(25)24(22-19)16-10-8-15(21)9-11-16/h3-12H,13H2,1-2H3. The van der Waals surface area contributed by atoms with E-state index in [9.17, 15) is 14.0 Å². The van der Waals surface area contributed by atoms with E-state index >= 15 is 0 Å². The lowest BCUT2D eigenvalue weighted by Gasteiger charge is -2.18.